The summed E-state index contributed by atoms with van der Waals surface area (Å²) in [6, 6.07) is 16.6. The minimum absolute atomic E-state index is 0.00633. The van der Waals surface area contributed by atoms with Crippen LogP contribution < -0.4 is 10.3 Å². The molecule has 5 nitrogen and oxygen atoms in total. The van der Waals surface area contributed by atoms with E-state index < -0.39 is 17.3 Å². The summed E-state index contributed by atoms with van der Waals surface area (Å²) in [5.74, 6) is 0.678. The van der Waals surface area contributed by atoms with E-state index in [1.165, 1.54) is 18.3 Å². The lowest BCUT2D eigenvalue weighted by Crippen LogP contribution is -2.20. The molecule has 0 unspecified atom stereocenters. The number of hydrogen-bond donors (Lipinski definition) is 0. The van der Waals surface area contributed by atoms with Crippen molar-refractivity contribution in [3.05, 3.63) is 92.7 Å². The molecule has 4 rings (SSSR count). The van der Waals surface area contributed by atoms with E-state index in [-0.39, 0.29) is 17.5 Å². The molecule has 0 fully saturated rings. The second-order valence-corrected chi connectivity index (χ2v) is 8.77. The largest absolute Gasteiger partial charge is 0.490 e. The molecule has 0 N–H and O–H groups in total. The number of alkyl halides is 3. The molecular formula is C26H21BrF3N3O2. The van der Waals surface area contributed by atoms with E-state index in [2.05, 4.69) is 26.0 Å². The van der Waals surface area contributed by atoms with Crippen LogP contribution in [0.1, 0.15) is 31.4 Å². The molecule has 4 aromatic rings. The van der Waals surface area contributed by atoms with Gasteiger partial charge in [0.25, 0.3) is 5.56 Å². The molecule has 0 saturated carbocycles. The normalized spacial score (nSPS) is 12.9. The van der Waals surface area contributed by atoms with E-state index >= 15 is 0 Å². The lowest BCUT2D eigenvalue weighted by molar-refractivity contribution is -0.137. The maximum absolute atomic E-state index is 13.3. The van der Waals surface area contributed by atoms with Crippen molar-refractivity contribution in [3.63, 3.8) is 0 Å². The molecule has 35 heavy (non-hydrogen) atoms. The van der Waals surface area contributed by atoms with Gasteiger partial charge in [-0.15, -0.1) is 0 Å². The Hall–Kier alpha value is -3.46. The highest BCUT2D eigenvalue weighted by molar-refractivity contribution is 9.10. The Bertz CT molecular complexity index is 1460. The van der Waals surface area contributed by atoms with Crippen LogP contribution >= 0.6 is 15.9 Å². The van der Waals surface area contributed by atoms with Gasteiger partial charge in [0.1, 0.15) is 5.75 Å². The minimum Gasteiger partial charge on any atom is -0.490 e. The zero-order valence-corrected chi connectivity index (χ0v) is 20.5. The SMILES string of the molecule is CC[C@@H](C)Oc1ccc(C=Nn2c(-c3cccc(C(F)(F)F)c3)nc3ccccc3c2=O)cc1Br. The van der Waals surface area contributed by atoms with Crippen molar-refractivity contribution in [2.45, 2.75) is 32.5 Å². The van der Waals surface area contributed by atoms with Crippen LogP contribution in [0.2, 0.25) is 0 Å². The molecule has 0 aliphatic rings. The maximum Gasteiger partial charge on any atom is 0.416 e. The van der Waals surface area contributed by atoms with Gasteiger partial charge in [0.2, 0.25) is 0 Å². The van der Waals surface area contributed by atoms with Crippen molar-refractivity contribution < 1.29 is 17.9 Å². The number of para-hydroxylation sites is 1. The van der Waals surface area contributed by atoms with E-state index in [9.17, 15) is 18.0 Å². The van der Waals surface area contributed by atoms with Gasteiger partial charge in [0.05, 0.1) is 33.3 Å². The molecule has 3 aromatic carbocycles. The summed E-state index contributed by atoms with van der Waals surface area (Å²) >= 11 is 3.48. The Morgan fingerprint density at radius 3 is 2.60 bits per heavy atom. The van der Waals surface area contributed by atoms with Gasteiger partial charge in [-0.3, -0.25) is 4.79 Å². The van der Waals surface area contributed by atoms with Crippen LogP contribution in [0.15, 0.2) is 81.1 Å². The van der Waals surface area contributed by atoms with E-state index in [0.29, 0.717) is 26.7 Å². The van der Waals surface area contributed by atoms with Gasteiger partial charge in [0, 0.05) is 5.56 Å². The number of halogens is 4. The quantitative estimate of drug-likeness (QED) is 0.248. The third kappa shape index (κ3) is 5.45. The smallest absolute Gasteiger partial charge is 0.416 e. The second-order valence-electron chi connectivity index (χ2n) is 7.92. The van der Waals surface area contributed by atoms with Gasteiger partial charge in [-0.2, -0.15) is 22.9 Å². The number of fused-ring (bicyclic) bond motifs is 1. The summed E-state index contributed by atoms with van der Waals surface area (Å²) in [7, 11) is 0. The number of hydrogen-bond acceptors (Lipinski definition) is 4. The highest BCUT2D eigenvalue weighted by Crippen LogP contribution is 2.32. The lowest BCUT2D eigenvalue weighted by atomic mass is 10.1. The first-order valence-electron chi connectivity index (χ1n) is 10.9. The summed E-state index contributed by atoms with van der Waals surface area (Å²) in [5, 5.41) is 4.62. The van der Waals surface area contributed by atoms with Crippen LogP contribution in [0.5, 0.6) is 5.75 Å². The van der Waals surface area contributed by atoms with Crippen LogP contribution in [0.25, 0.3) is 22.3 Å². The average Bonchev–Trinajstić information content (AvgIpc) is 2.84. The van der Waals surface area contributed by atoms with Crippen molar-refractivity contribution in [3.8, 4) is 17.1 Å². The Balaban J connectivity index is 1.82. The summed E-state index contributed by atoms with van der Waals surface area (Å²) < 4.78 is 47.6. The minimum atomic E-state index is -4.54. The van der Waals surface area contributed by atoms with E-state index in [0.717, 1.165) is 23.2 Å². The number of benzene rings is 3. The lowest BCUT2D eigenvalue weighted by Gasteiger charge is -2.14. The van der Waals surface area contributed by atoms with Crippen LogP contribution in [-0.4, -0.2) is 22.0 Å². The maximum atomic E-state index is 13.3. The molecule has 0 saturated heterocycles. The summed E-state index contributed by atoms with van der Waals surface area (Å²) in [4.78, 5) is 17.7. The fourth-order valence-electron chi connectivity index (χ4n) is 3.37. The highest BCUT2D eigenvalue weighted by atomic mass is 79.9. The molecule has 180 valence electrons. The van der Waals surface area contributed by atoms with Crippen LogP contribution in [0, 0.1) is 0 Å². The monoisotopic (exact) mass is 543 g/mol. The van der Waals surface area contributed by atoms with Gasteiger partial charge < -0.3 is 4.74 Å². The molecule has 9 heteroatoms. The van der Waals surface area contributed by atoms with Crippen LogP contribution in [0.3, 0.4) is 0 Å². The fraction of sp³-hybridized carbons (Fsp3) is 0.192. The van der Waals surface area contributed by atoms with Crippen molar-refractivity contribution in [2.24, 2.45) is 5.10 Å². The number of aromatic nitrogens is 2. The third-order valence-electron chi connectivity index (χ3n) is 5.38. The second kappa shape index (κ2) is 10.0. The van der Waals surface area contributed by atoms with Crippen molar-refractivity contribution in [1.82, 2.24) is 9.66 Å². The summed E-state index contributed by atoms with van der Waals surface area (Å²) in [6.07, 6.45) is -2.19. The predicted molar refractivity (Wildman–Crippen MR) is 134 cm³/mol. The van der Waals surface area contributed by atoms with Crippen LogP contribution in [-0.2, 0) is 6.18 Å². The Morgan fingerprint density at radius 1 is 1.11 bits per heavy atom. The topological polar surface area (TPSA) is 56.5 Å². The molecule has 1 heterocycles. The third-order valence-corrected chi connectivity index (χ3v) is 6.00. The summed E-state index contributed by atoms with van der Waals surface area (Å²) in [6.45, 7) is 3.99. The predicted octanol–water partition coefficient (Wildman–Crippen LogP) is 6.90. The first kappa shape index (κ1) is 24.7. The highest BCUT2D eigenvalue weighted by Gasteiger charge is 2.31. The van der Waals surface area contributed by atoms with Crippen molar-refractivity contribution >= 4 is 33.0 Å². The van der Waals surface area contributed by atoms with Gasteiger partial charge >= 0.3 is 6.18 Å². The van der Waals surface area contributed by atoms with Crippen molar-refractivity contribution in [2.75, 3.05) is 0 Å². The Kier molecular flexibility index (Phi) is 7.07. The Morgan fingerprint density at radius 2 is 1.89 bits per heavy atom. The zero-order chi connectivity index (χ0) is 25.2. The first-order chi connectivity index (χ1) is 16.7. The molecule has 1 atom stereocenters. The first-order valence-corrected chi connectivity index (χ1v) is 11.7. The standard InChI is InChI=1S/C26H21BrF3N3O2/c1-3-16(2)35-23-12-11-17(13-21(23)27)15-31-33-24(18-7-6-8-19(14-18)26(28,29)30)32-22-10-5-4-9-20(22)25(33)34/h4-16H,3H2,1-2H3/t16-/m1/s1. The average molecular weight is 544 g/mol. The van der Waals surface area contributed by atoms with Crippen LogP contribution in [0.4, 0.5) is 13.2 Å². The molecule has 0 radical (unpaired) electrons. The molecule has 0 aliphatic carbocycles. The molecule has 0 aliphatic heterocycles. The van der Waals surface area contributed by atoms with Gasteiger partial charge in [-0.25, -0.2) is 4.98 Å². The Labute approximate surface area is 208 Å². The molecule has 0 bridgehead atoms. The van der Waals surface area contributed by atoms with Gasteiger partial charge in [-0.05, 0) is 77.3 Å². The number of nitrogens with zero attached hydrogens (tertiary/aromatic N) is 3. The zero-order valence-electron chi connectivity index (χ0n) is 18.9. The van der Waals surface area contributed by atoms with Gasteiger partial charge in [0.15, 0.2) is 5.82 Å². The van der Waals surface area contributed by atoms with E-state index in [1.807, 2.05) is 13.8 Å². The molecule has 0 amide bonds. The van der Waals surface area contributed by atoms with E-state index in [1.54, 1.807) is 42.5 Å². The molecular weight excluding hydrogens is 523 g/mol. The van der Waals surface area contributed by atoms with Crippen molar-refractivity contribution in [1.29, 1.82) is 0 Å². The molecule has 0 spiro atoms. The fourth-order valence-corrected chi connectivity index (χ4v) is 3.86. The van der Waals surface area contributed by atoms with Gasteiger partial charge in [-0.1, -0.05) is 31.2 Å². The number of rotatable bonds is 6. The number of ether oxygens (including phenoxy) is 1. The summed E-state index contributed by atoms with van der Waals surface area (Å²) in [5.41, 5.74) is -0.184. The molecule has 1 aromatic heterocycles. The van der Waals surface area contributed by atoms with E-state index in [4.69, 9.17) is 4.74 Å².